The van der Waals surface area contributed by atoms with E-state index in [2.05, 4.69) is 16.4 Å². The molecule has 3 aromatic rings. The van der Waals surface area contributed by atoms with E-state index in [4.69, 9.17) is 0 Å². The predicted molar refractivity (Wildman–Crippen MR) is 80.0 cm³/mol. The van der Waals surface area contributed by atoms with Gasteiger partial charge in [-0.25, -0.2) is 4.98 Å². The first-order chi connectivity index (χ1) is 9.72. The highest BCUT2D eigenvalue weighted by molar-refractivity contribution is 5.46. The van der Waals surface area contributed by atoms with E-state index in [9.17, 15) is 4.79 Å². The lowest BCUT2D eigenvalue weighted by atomic mass is 10.2. The molecule has 0 spiro atoms. The van der Waals surface area contributed by atoms with Crippen LogP contribution in [0.3, 0.4) is 0 Å². The van der Waals surface area contributed by atoms with Crippen LogP contribution < -0.4 is 10.9 Å². The lowest BCUT2D eigenvalue weighted by Gasteiger charge is -2.07. The average Bonchev–Trinajstić information content (AvgIpc) is 2.45. The summed E-state index contributed by atoms with van der Waals surface area (Å²) in [6, 6.07) is 15.2. The van der Waals surface area contributed by atoms with Crippen LogP contribution in [-0.2, 0) is 6.54 Å². The first kappa shape index (κ1) is 12.4. The van der Waals surface area contributed by atoms with Crippen molar-refractivity contribution in [3.05, 3.63) is 76.3 Å². The van der Waals surface area contributed by atoms with E-state index in [1.165, 1.54) is 9.96 Å². The number of hydrogen-bond acceptors (Lipinski definition) is 3. The molecule has 0 aliphatic heterocycles. The van der Waals surface area contributed by atoms with Crippen LogP contribution in [0.25, 0.3) is 5.65 Å². The number of nitrogens with zero attached hydrogens (tertiary/aromatic N) is 2. The highest BCUT2D eigenvalue weighted by Crippen LogP contribution is 2.10. The minimum atomic E-state index is -0.0587. The lowest BCUT2D eigenvalue weighted by Crippen LogP contribution is -2.16. The SMILES string of the molecule is Cc1cccc(NCc2cc(=O)n3ccccc3n2)c1. The van der Waals surface area contributed by atoms with Gasteiger partial charge in [-0.1, -0.05) is 18.2 Å². The van der Waals surface area contributed by atoms with Crippen LogP contribution in [0.2, 0.25) is 0 Å². The van der Waals surface area contributed by atoms with E-state index in [1.807, 2.05) is 43.3 Å². The predicted octanol–water partition coefficient (Wildman–Crippen LogP) is 2.62. The fourth-order valence-corrected chi connectivity index (χ4v) is 2.14. The summed E-state index contributed by atoms with van der Waals surface area (Å²) in [5.74, 6) is 0. The molecule has 0 bridgehead atoms. The molecular weight excluding hydrogens is 250 g/mol. The molecule has 2 aromatic heterocycles. The fraction of sp³-hybridized carbons (Fsp3) is 0.125. The molecule has 0 aliphatic rings. The maximum atomic E-state index is 12.0. The van der Waals surface area contributed by atoms with E-state index >= 15 is 0 Å². The number of aryl methyl sites for hydroxylation is 1. The second-order valence-electron chi connectivity index (χ2n) is 4.74. The Balaban J connectivity index is 1.86. The van der Waals surface area contributed by atoms with Crippen LogP contribution in [0, 0.1) is 6.92 Å². The molecule has 0 aliphatic carbocycles. The van der Waals surface area contributed by atoms with Gasteiger partial charge >= 0.3 is 0 Å². The van der Waals surface area contributed by atoms with Crippen LogP contribution in [0.15, 0.2) is 59.5 Å². The standard InChI is InChI=1S/C16H15N3O/c1-12-5-4-6-13(9-12)17-11-14-10-16(20)19-8-3-2-7-15(19)18-14/h2-10,17H,11H2,1H3. The van der Waals surface area contributed by atoms with Gasteiger partial charge in [-0.15, -0.1) is 0 Å². The van der Waals surface area contributed by atoms with Gasteiger partial charge in [-0.3, -0.25) is 9.20 Å². The highest BCUT2D eigenvalue weighted by Gasteiger charge is 2.01. The molecule has 4 heteroatoms. The molecule has 0 atom stereocenters. The van der Waals surface area contributed by atoms with Crippen molar-refractivity contribution >= 4 is 11.3 Å². The van der Waals surface area contributed by atoms with E-state index in [0.717, 1.165) is 11.4 Å². The van der Waals surface area contributed by atoms with Gasteiger partial charge in [0.15, 0.2) is 0 Å². The van der Waals surface area contributed by atoms with Gasteiger partial charge in [0.1, 0.15) is 5.65 Å². The first-order valence-corrected chi connectivity index (χ1v) is 6.50. The van der Waals surface area contributed by atoms with Crippen molar-refractivity contribution in [1.82, 2.24) is 9.38 Å². The molecule has 0 fully saturated rings. The summed E-state index contributed by atoms with van der Waals surface area (Å²) < 4.78 is 1.54. The van der Waals surface area contributed by atoms with Crippen molar-refractivity contribution in [3.8, 4) is 0 Å². The average molecular weight is 265 g/mol. The molecule has 0 amide bonds. The Bertz CT molecular complexity index is 808. The molecule has 1 N–H and O–H groups in total. The minimum Gasteiger partial charge on any atom is -0.379 e. The van der Waals surface area contributed by atoms with E-state index in [-0.39, 0.29) is 5.56 Å². The summed E-state index contributed by atoms with van der Waals surface area (Å²) in [7, 11) is 0. The molecule has 4 nitrogen and oxygen atoms in total. The highest BCUT2D eigenvalue weighted by atomic mass is 16.1. The molecule has 3 rings (SSSR count). The summed E-state index contributed by atoms with van der Waals surface area (Å²) >= 11 is 0. The summed E-state index contributed by atoms with van der Waals surface area (Å²) in [6.45, 7) is 2.58. The van der Waals surface area contributed by atoms with Gasteiger partial charge in [0.25, 0.3) is 5.56 Å². The minimum absolute atomic E-state index is 0.0587. The summed E-state index contributed by atoms with van der Waals surface area (Å²) in [5, 5.41) is 3.28. The molecule has 0 radical (unpaired) electrons. The van der Waals surface area contributed by atoms with E-state index in [0.29, 0.717) is 12.2 Å². The second kappa shape index (κ2) is 5.17. The van der Waals surface area contributed by atoms with E-state index < -0.39 is 0 Å². The Labute approximate surface area is 116 Å². The third-order valence-corrected chi connectivity index (χ3v) is 3.12. The van der Waals surface area contributed by atoms with Gasteiger partial charge in [0, 0.05) is 18.0 Å². The van der Waals surface area contributed by atoms with Gasteiger partial charge in [0.05, 0.1) is 12.2 Å². The van der Waals surface area contributed by atoms with Crippen LogP contribution in [0.4, 0.5) is 5.69 Å². The van der Waals surface area contributed by atoms with Gasteiger partial charge in [-0.2, -0.15) is 0 Å². The van der Waals surface area contributed by atoms with Crippen LogP contribution in [-0.4, -0.2) is 9.38 Å². The topological polar surface area (TPSA) is 46.4 Å². The van der Waals surface area contributed by atoms with Gasteiger partial charge in [-0.05, 0) is 36.8 Å². The number of hydrogen-bond donors (Lipinski definition) is 1. The summed E-state index contributed by atoms with van der Waals surface area (Å²) in [5.41, 5.74) is 3.57. The zero-order valence-electron chi connectivity index (χ0n) is 11.2. The maximum absolute atomic E-state index is 12.0. The molecular formula is C16H15N3O. The molecule has 0 unspecified atom stereocenters. The first-order valence-electron chi connectivity index (χ1n) is 6.50. The summed E-state index contributed by atoms with van der Waals surface area (Å²) in [6.07, 6.45) is 1.72. The van der Waals surface area contributed by atoms with Crippen molar-refractivity contribution in [1.29, 1.82) is 0 Å². The van der Waals surface area contributed by atoms with E-state index in [1.54, 1.807) is 12.3 Å². The summed E-state index contributed by atoms with van der Waals surface area (Å²) in [4.78, 5) is 16.4. The van der Waals surface area contributed by atoms with Gasteiger partial charge in [0.2, 0.25) is 0 Å². The largest absolute Gasteiger partial charge is 0.379 e. The Morgan fingerprint density at radius 2 is 2.05 bits per heavy atom. The fourth-order valence-electron chi connectivity index (χ4n) is 2.14. The number of rotatable bonds is 3. The maximum Gasteiger partial charge on any atom is 0.258 e. The van der Waals surface area contributed by atoms with Gasteiger partial charge < -0.3 is 5.32 Å². The number of anilines is 1. The Morgan fingerprint density at radius 1 is 1.15 bits per heavy atom. The third kappa shape index (κ3) is 2.54. The molecule has 0 saturated carbocycles. The van der Waals surface area contributed by atoms with Crippen molar-refractivity contribution < 1.29 is 0 Å². The van der Waals surface area contributed by atoms with Crippen molar-refractivity contribution in [2.75, 3.05) is 5.32 Å². The molecule has 0 saturated heterocycles. The zero-order chi connectivity index (χ0) is 13.9. The molecule has 100 valence electrons. The Hall–Kier alpha value is -2.62. The number of pyridine rings is 1. The lowest BCUT2D eigenvalue weighted by molar-refractivity contribution is 0.971. The second-order valence-corrected chi connectivity index (χ2v) is 4.74. The molecule has 1 aromatic carbocycles. The monoisotopic (exact) mass is 265 g/mol. The number of aromatic nitrogens is 2. The van der Waals surface area contributed by atoms with Crippen molar-refractivity contribution in [3.63, 3.8) is 0 Å². The van der Waals surface area contributed by atoms with Crippen LogP contribution in [0.5, 0.6) is 0 Å². The smallest absolute Gasteiger partial charge is 0.258 e. The molecule has 20 heavy (non-hydrogen) atoms. The normalized spacial score (nSPS) is 10.7. The molecule has 2 heterocycles. The Morgan fingerprint density at radius 3 is 2.90 bits per heavy atom. The number of benzene rings is 1. The van der Waals surface area contributed by atoms with Crippen molar-refractivity contribution in [2.24, 2.45) is 0 Å². The Kier molecular flexibility index (Phi) is 3.21. The third-order valence-electron chi connectivity index (χ3n) is 3.12. The number of nitrogens with one attached hydrogen (secondary N) is 1. The quantitative estimate of drug-likeness (QED) is 0.792. The van der Waals surface area contributed by atoms with Crippen molar-refractivity contribution in [2.45, 2.75) is 13.5 Å². The van der Waals surface area contributed by atoms with Crippen LogP contribution in [0.1, 0.15) is 11.3 Å². The van der Waals surface area contributed by atoms with Crippen LogP contribution >= 0.6 is 0 Å². The zero-order valence-corrected chi connectivity index (χ0v) is 11.2. The number of fused-ring (bicyclic) bond motifs is 1.